The molecule has 0 spiro atoms. The SMILES string of the molecule is CC1CCN(C(=O)NCc2cccc(C(=O)O)c2)CC1O. The lowest BCUT2D eigenvalue weighted by molar-refractivity contribution is 0.0435. The highest BCUT2D eigenvalue weighted by Gasteiger charge is 2.27. The van der Waals surface area contributed by atoms with Crippen molar-refractivity contribution < 1.29 is 19.8 Å². The van der Waals surface area contributed by atoms with Gasteiger partial charge in [0.15, 0.2) is 0 Å². The Morgan fingerprint density at radius 3 is 2.86 bits per heavy atom. The van der Waals surface area contributed by atoms with Crippen LogP contribution in [0.15, 0.2) is 24.3 Å². The molecule has 0 bridgehead atoms. The molecule has 6 heteroatoms. The summed E-state index contributed by atoms with van der Waals surface area (Å²) in [7, 11) is 0. The first-order chi connectivity index (χ1) is 9.97. The average molecular weight is 292 g/mol. The minimum absolute atomic E-state index is 0.198. The molecule has 0 saturated carbocycles. The highest BCUT2D eigenvalue weighted by Crippen LogP contribution is 2.16. The van der Waals surface area contributed by atoms with Gasteiger partial charge in [-0.2, -0.15) is 0 Å². The lowest BCUT2D eigenvalue weighted by atomic mass is 9.96. The molecule has 114 valence electrons. The molecule has 1 saturated heterocycles. The van der Waals surface area contributed by atoms with Crippen molar-refractivity contribution in [2.24, 2.45) is 5.92 Å². The number of carbonyl (C=O) groups excluding carboxylic acids is 1. The number of carboxylic acids is 1. The Morgan fingerprint density at radius 2 is 2.19 bits per heavy atom. The van der Waals surface area contributed by atoms with Gasteiger partial charge in [-0.1, -0.05) is 19.1 Å². The van der Waals surface area contributed by atoms with Crippen LogP contribution in [0.4, 0.5) is 4.79 Å². The van der Waals surface area contributed by atoms with Crippen molar-refractivity contribution in [1.29, 1.82) is 0 Å². The monoisotopic (exact) mass is 292 g/mol. The Bertz CT molecular complexity index is 532. The largest absolute Gasteiger partial charge is 0.478 e. The van der Waals surface area contributed by atoms with E-state index in [1.807, 2.05) is 6.92 Å². The molecule has 3 N–H and O–H groups in total. The first kappa shape index (κ1) is 15.3. The third-order valence-electron chi connectivity index (χ3n) is 3.82. The number of carbonyl (C=O) groups is 2. The summed E-state index contributed by atoms with van der Waals surface area (Å²) in [6.45, 7) is 3.20. The number of nitrogens with zero attached hydrogens (tertiary/aromatic N) is 1. The average Bonchev–Trinajstić information content (AvgIpc) is 2.48. The Kier molecular flexibility index (Phi) is 4.80. The highest BCUT2D eigenvalue weighted by molar-refractivity contribution is 5.87. The second-order valence-corrected chi connectivity index (χ2v) is 5.44. The Hall–Kier alpha value is -2.08. The third-order valence-corrected chi connectivity index (χ3v) is 3.82. The molecule has 1 aliphatic heterocycles. The van der Waals surface area contributed by atoms with Gasteiger partial charge in [-0.05, 0) is 30.0 Å². The molecule has 0 aliphatic carbocycles. The molecule has 6 nitrogen and oxygen atoms in total. The van der Waals surface area contributed by atoms with Crippen molar-refractivity contribution in [2.75, 3.05) is 13.1 Å². The number of hydrogen-bond acceptors (Lipinski definition) is 3. The molecule has 0 aromatic heterocycles. The van der Waals surface area contributed by atoms with Gasteiger partial charge < -0.3 is 20.4 Å². The van der Waals surface area contributed by atoms with Gasteiger partial charge in [0, 0.05) is 19.6 Å². The van der Waals surface area contributed by atoms with Crippen LogP contribution in [0.1, 0.15) is 29.3 Å². The lowest BCUT2D eigenvalue weighted by Crippen LogP contribution is -2.49. The number of hydrogen-bond donors (Lipinski definition) is 3. The predicted molar refractivity (Wildman–Crippen MR) is 77.0 cm³/mol. The van der Waals surface area contributed by atoms with Crippen molar-refractivity contribution in [3.05, 3.63) is 35.4 Å². The van der Waals surface area contributed by atoms with E-state index in [0.717, 1.165) is 12.0 Å². The second-order valence-electron chi connectivity index (χ2n) is 5.44. The number of likely N-dealkylation sites (tertiary alicyclic amines) is 1. The van der Waals surface area contributed by atoms with Crippen LogP contribution in [0.25, 0.3) is 0 Å². The molecule has 0 radical (unpaired) electrons. The number of aromatic carboxylic acids is 1. The smallest absolute Gasteiger partial charge is 0.335 e. The summed E-state index contributed by atoms with van der Waals surface area (Å²) >= 11 is 0. The molecule has 1 aromatic rings. The predicted octanol–water partition coefficient (Wildman–Crippen LogP) is 1.30. The van der Waals surface area contributed by atoms with E-state index in [2.05, 4.69) is 5.32 Å². The number of aliphatic hydroxyl groups excluding tert-OH is 1. The zero-order valence-electron chi connectivity index (χ0n) is 12.0. The number of β-amino-alcohol motifs (C(OH)–C–C–N with tert-alkyl or cyclic N) is 1. The first-order valence-electron chi connectivity index (χ1n) is 7.00. The van der Waals surface area contributed by atoms with Crippen LogP contribution in [0, 0.1) is 5.92 Å². The van der Waals surface area contributed by atoms with Crippen molar-refractivity contribution >= 4 is 12.0 Å². The van der Waals surface area contributed by atoms with Crippen molar-refractivity contribution in [1.82, 2.24) is 10.2 Å². The molecule has 21 heavy (non-hydrogen) atoms. The van der Waals surface area contributed by atoms with Gasteiger partial charge in [-0.15, -0.1) is 0 Å². The number of benzene rings is 1. The van der Waals surface area contributed by atoms with Gasteiger partial charge in [0.1, 0.15) is 0 Å². The number of aliphatic hydroxyl groups is 1. The zero-order chi connectivity index (χ0) is 15.4. The molecule has 1 aromatic carbocycles. The maximum absolute atomic E-state index is 12.0. The van der Waals surface area contributed by atoms with Crippen LogP contribution < -0.4 is 5.32 Å². The fourth-order valence-corrected chi connectivity index (χ4v) is 2.34. The molecular formula is C15H20N2O4. The maximum Gasteiger partial charge on any atom is 0.335 e. The highest BCUT2D eigenvalue weighted by atomic mass is 16.4. The van der Waals surface area contributed by atoms with Gasteiger partial charge in [0.25, 0.3) is 0 Å². The van der Waals surface area contributed by atoms with E-state index in [1.54, 1.807) is 17.0 Å². The number of carboxylic acid groups (broad SMARTS) is 1. The lowest BCUT2D eigenvalue weighted by Gasteiger charge is -2.34. The molecule has 2 rings (SSSR count). The van der Waals surface area contributed by atoms with E-state index in [9.17, 15) is 14.7 Å². The molecule has 2 amide bonds. The summed E-state index contributed by atoms with van der Waals surface area (Å²) in [5, 5.41) is 21.5. The van der Waals surface area contributed by atoms with Gasteiger partial charge in [-0.25, -0.2) is 9.59 Å². The quantitative estimate of drug-likeness (QED) is 0.783. The number of urea groups is 1. The molecule has 1 aliphatic rings. The van der Waals surface area contributed by atoms with E-state index in [0.29, 0.717) is 13.1 Å². The summed E-state index contributed by atoms with van der Waals surface area (Å²) in [5.74, 6) is -0.780. The number of amides is 2. The number of rotatable bonds is 3. The van der Waals surface area contributed by atoms with Crippen molar-refractivity contribution in [2.45, 2.75) is 26.0 Å². The Labute approximate surface area is 123 Å². The Morgan fingerprint density at radius 1 is 1.43 bits per heavy atom. The minimum Gasteiger partial charge on any atom is -0.478 e. The van der Waals surface area contributed by atoms with E-state index < -0.39 is 12.1 Å². The van der Waals surface area contributed by atoms with E-state index >= 15 is 0 Å². The van der Waals surface area contributed by atoms with E-state index in [1.165, 1.54) is 12.1 Å². The fraction of sp³-hybridized carbons (Fsp3) is 0.467. The molecule has 1 fully saturated rings. The van der Waals surface area contributed by atoms with Crippen LogP contribution >= 0.6 is 0 Å². The van der Waals surface area contributed by atoms with Gasteiger partial charge in [0.2, 0.25) is 0 Å². The minimum atomic E-state index is -0.990. The summed E-state index contributed by atoms with van der Waals surface area (Å²) < 4.78 is 0. The van der Waals surface area contributed by atoms with Crippen LogP contribution in [-0.4, -0.2) is 46.3 Å². The summed E-state index contributed by atoms with van der Waals surface area (Å²) in [4.78, 5) is 24.5. The standard InChI is InChI=1S/C15H20N2O4/c1-10-5-6-17(9-13(10)18)15(21)16-8-11-3-2-4-12(7-11)14(19)20/h2-4,7,10,13,18H,5-6,8-9H2,1H3,(H,16,21)(H,19,20). The van der Waals surface area contributed by atoms with E-state index in [-0.39, 0.29) is 24.1 Å². The Balaban J connectivity index is 1.89. The topological polar surface area (TPSA) is 89.9 Å². The van der Waals surface area contributed by atoms with Gasteiger partial charge in [0.05, 0.1) is 11.7 Å². The van der Waals surface area contributed by atoms with Crippen LogP contribution in [-0.2, 0) is 6.54 Å². The normalized spacial score (nSPS) is 21.9. The summed E-state index contributed by atoms with van der Waals surface area (Å²) in [6, 6.07) is 6.23. The number of nitrogens with one attached hydrogen (secondary N) is 1. The maximum atomic E-state index is 12.0. The molecule has 1 heterocycles. The van der Waals surface area contributed by atoms with Crippen molar-refractivity contribution in [3.8, 4) is 0 Å². The third kappa shape index (κ3) is 3.95. The number of piperidine rings is 1. The molecule has 2 atom stereocenters. The summed E-state index contributed by atoms with van der Waals surface area (Å²) in [6.07, 6.45) is 0.295. The van der Waals surface area contributed by atoms with Gasteiger partial charge in [-0.3, -0.25) is 0 Å². The zero-order valence-corrected chi connectivity index (χ0v) is 12.0. The van der Waals surface area contributed by atoms with Crippen LogP contribution in [0.3, 0.4) is 0 Å². The van der Waals surface area contributed by atoms with Gasteiger partial charge >= 0.3 is 12.0 Å². The second kappa shape index (κ2) is 6.58. The van der Waals surface area contributed by atoms with Crippen LogP contribution in [0.5, 0.6) is 0 Å². The summed E-state index contributed by atoms with van der Waals surface area (Å²) in [5.41, 5.74) is 0.929. The first-order valence-corrected chi connectivity index (χ1v) is 7.00. The molecular weight excluding hydrogens is 272 g/mol. The fourth-order valence-electron chi connectivity index (χ4n) is 2.34. The van der Waals surface area contributed by atoms with E-state index in [4.69, 9.17) is 5.11 Å². The van der Waals surface area contributed by atoms with Crippen molar-refractivity contribution in [3.63, 3.8) is 0 Å². The molecule has 2 unspecified atom stereocenters. The van der Waals surface area contributed by atoms with Crippen LogP contribution in [0.2, 0.25) is 0 Å².